The van der Waals surface area contributed by atoms with Crippen LogP contribution >= 0.6 is 0 Å². The summed E-state index contributed by atoms with van der Waals surface area (Å²) in [6.07, 6.45) is 7.11. The van der Waals surface area contributed by atoms with Gasteiger partial charge in [0.05, 0.1) is 31.4 Å². The fraction of sp³-hybridized carbons (Fsp3) is 0.389. The van der Waals surface area contributed by atoms with Crippen molar-refractivity contribution in [1.29, 1.82) is 0 Å². The third kappa shape index (κ3) is 3.62. The van der Waals surface area contributed by atoms with Gasteiger partial charge in [0.15, 0.2) is 0 Å². The highest BCUT2D eigenvalue weighted by Crippen LogP contribution is 2.28. The van der Waals surface area contributed by atoms with Gasteiger partial charge in [0.1, 0.15) is 5.69 Å². The minimum Gasteiger partial charge on any atom is -0.472 e. The van der Waals surface area contributed by atoms with Crippen molar-refractivity contribution in [1.82, 2.24) is 24.9 Å². The molecular formula is C18H21N5O2. The molecule has 3 aromatic heterocycles. The van der Waals surface area contributed by atoms with E-state index < -0.39 is 0 Å². The number of hydrogen-bond acceptors (Lipinski definition) is 6. The Labute approximate surface area is 146 Å². The number of furan rings is 1. The zero-order valence-corrected chi connectivity index (χ0v) is 14.2. The summed E-state index contributed by atoms with van der Waals surface area (Å²) in [7, 11) is 1.95. The SMILES string of the molecule is Cn1nnc2c1C(COCc1cccnc1)CN(Cc1ccoc1)C2. The molecule has 0 aromatic carbocycles. The van der Waals surface area contributed by atoms with E-state index in [0.717, 1.165) is 30.9 Å². The van der Waals surface area contributed by atoms with Crippen molar-refractivity contribution in [2.45, 2.75) is 25.6 Å². The fourth-order valence-corrected chi connectivity index (χ4v) is 3.39. The van der Waals surface area contributed by atoms with Crippen molar-refractivity contribution in [3.8, 4) is 0 Å². The van der Waals surface area contributed by atoms with Gasteiger partial charge in [0, 0.05) is 50.6 Å². The van der Waals surface area contributed by atoms with Crippen molar-refractivity contribution in [2.75, 3.05) is 13.2 Å². The lowest BCUT2D eigenvalue weighted by atomic mass is 9.98. The van der Waals surface area contributed by atoms with Crippen LogP contribution in [0, 0.1) is 0 Å². The maximum atomic E-state index is 5.97. The van der Waals surface area contributed by atoms with Gasteiger partial charge < -0.3 is 9.15 Å². The third-order valence-electron chi connectivity index (χ3n) is 4.48. The molecule has 0 aliphatic carbocycles. The van der Waals surface area contributed by atoms with Crippen LogP contribution in [-0.2, 0) is 31.5 Å². The largest absolute Gasteiger partial charge is 0.472 e. The molecule has 25 heavy (non-hydrogen) atoms. The van der Waals surface area contributed by atoms with Gasteiger partial charge in [0.2, 0.25) is 0 Å². The number of fused-ring (bicyclic) bond motifs is 1. The average Bonchev–Trinajstić information content (AvgIpc) is 3.26. The Morgan fingerprint density at radius 3 is 3.08 bits per heavy atom. The first-order chi connectivity index (χ1) is 12.3. The molecular weight excluding hydrogens is 318 g/mol. The van der Waals surface area contributed by atoms with E-state index in [2.05, 4.69) is 20.2 Å². The van der Waals surface area contributed by atoms with Crippen LogP contribution in [0.5, 0.6) is 0 Å². The van der Waals surface area contributed by atoms with Crippen molar-refractivity contribution >= 4 is 0 Å². The van der Waals surface area contributed by atoms with Crippen molar-refractivity contribution in [2.24, 2.45) is 7.05 Å². The second-order valence-corrected chi connectivity index (χ2v) is 6.42. The van der Waals surface area contributed by atoms with Crippen LogP contribution in [0.25, 0.3) is 0 Å². The number of pyridine rings is 1. The molecule has 0 amide bonds. The smallest absolute Gasteiger partial charge is 0.100 e. The molecule has 1 aliphatic rings. The lowest BCUT2D eigenvalue weighted by Crippen LogP contribution is -2.35. The lowest BCUT2D eigenvalue weighted by molar-refractivity contribution is 0.0828. The molecule has 0 fully saturated rings. The van der Waals surface area contributed by atoms with Crippen LogP contribution in [0.1, 0.15) is 28.4 Å². The van der Waals surface area contributed by atoms with Crippen molar-refractivity contribution in [3.63, 3.8) is 0 Å². The van der Waals surface area contributed by atoms with E-state index in [9.17, 15) is 0 Å². The van der Waals surface area contributed by atoms with Gasteiger partial charge in [-0.15, -0.1) is 5.10 Å². The molecule has 1 atom stereocenters. The highest BCUT2D eigenvalue weighted by Gasteiger charge is 2.30. The Morgan fingerprint density at radius 2 is 2.28 bits per heavy atom. The summed E-state index contributed by atoms with van der Waals surface area (Å²) in [5, 5.41) is 8.54. The molecule has 0 radical (unpaired) electrons. The number of ether oxygens (including phenoxy) is 1. The van der Waals surface area contributed by atoms with E-state index in [1.54, 1.807) is 18.7 Å². The Hall–Kier alpha value is -2.51. The Morgan fingerprint density at radius 1 is 1.32 bits per heavy atom. The predicted molar refractivity (Wildman–Crippen MR) is 90.5 cm³/mol. The van der Waals surface area contributed by atoms with Crippen LogP contribution in [0.4, 0.5) is 0 Å². The van der Waals surface area contributed by atoms with Gasteiger partial charge in [-0.05, 0) is 17.7 Å². The minimum absolute atomic E-state index is 0.243. The average molecular weight is 339 g/mol. The molecule has 7 nitrogen and oxygen atoms in total. The first kappa shape index (κ1) is 16.0. The monoisotopic (exact) mass is 339 g/mol. The minimum atomic E-state index is 0.243. The summed E-state index contributed by atoms with van der Waals surface area (Å²) in [6, 6.07) is 5.95. The van der Waals surface area contributed by atoms with Crippen LogP contribution in [-0.4, -0.2) is 38.0 Å². The summed E-state index contributed by atoms with van der Waals surface area (Å²) in [5.74, 6) is 0.243. The first-order valence-corrected chi connectivity index (χ1v) is 8.38. The topological polar surface area (TPSA) is 69.2 Å². The Kier molecular flexibility index (Phi) is 4.58. The number of hydrogen-bond donors (Lipinski definition) is 0. The number of nitrogens with zero attached hydrogens (tertiary/aromatic N) is 5. The molecule has 130 valence electrons. The molecule has 0 saturated carbocycles. The molecule has 3 aromatic rings. The summed E-state index contributed by atoms with van der Waals surface area (Å²) < 4.78 is 13.0. The molecule has 0 bridgehead atoms. The van der Waals surface area contributed by atoms with Gasteiger partial charge >= 0.3 is 0 Å². The fourth-order valence-electron chi connectivity index (χ4n) is 3.39. The van der Waals surface area contributed by atoms with E-state index in [4.69, 9.17) is 9.15 Å². The summed E-state index contributed by atoms with van der Waals surface area (Å²) in [4.78, 5) is 6.49. The van der Waals surface area contributed by atoms with Gasteiger partial charge in [-0.2, -0.15) is 0 Å². The maximum absolute atomic E-state index is 5.97. The first-order valence-electron chi connectivity index (χ1n) is 8.38. The molecule has 7 heteroatoms. The molecule has 4 rings (SSSR count). The Balaban J connectivity index is 1.44. The summed E-state index contributed by atoms with van der Waals surface area (Å²) in [5.41, 5.74) is 4.46. The van der Waals surface area contributed by atoms with Crippen molar-refractivity contribution < 1.29 is 9.15 Å². The highest BCUT2D eigenvalue weighted by molar-refractivity contribution is 5.20. The van der Waals surface area contributed by atoms with E-state index >= 15 is 0 Å². The lowest BCUT2D eigenvalue weighted by Gasteiger charge is -2.31. The van der Waals surface area contributed by atoms with Crippen LogP contribution < -0.4 is 0 Å². The van der Waals surface area contributed by atoms with Crippen LogP contribution in [0.15, 0.2) is 47.5 Å². The second kappa shape index (κ2) is 7.16. The van der Waals surface area contributed by atoms with Gasteiger partial charge in [-0.1, -0.05) is 11.3 Å². The van der Waals surface area contributed by atoms with Gasteiger partial charge in [-0.25, -0.2) is 0 Å². The summed E-state index contributed by atoms with van der Waals surface area (Å²) >= 11 is 0. The standard InChI is InChI=1S/C18H21N5O2/c1-22-18-16(13-25-11-14-3-2-5-19-7-14)9-23(10-17(18)20-21-22)8-15-4-6-24-12-15/h2-7,12,16H,8-11,13H2,1H3. The Bertz CT molecular complexity index is 800. The number of aryl methyl sites for hydroxylation is 1. The van der Waals surface area contributed by atoms with Gasteiger partial charge in [-0.3, -0.25) is 14.6 Å². The van der Waals surface area contributed by atoms with E-state index in [1.165, 1.54) is 11.3 Å². The highest BCUT2D eigenvalue weighted by atomic mass is 16.5. The maximum Gasteiger partial charge on any atom is 0.100 e. The molecule has 0 saturated heterocycles. The van der Waals surface area contributed by atoms with Crippen LogP contribution in [0.3, 0.4) is 0 Å². The number of aromatic nitrogens is 4. The quantitative estimate of drug-likeness (QED) is 0.685. The number of rotatable bonds is 6. The second-order valence-electron chi connectivity index (χ2n) is 6.42. The van der Waals surface area contributed by atoms with Crippen LogP contribution in [0.2, 0.25) is 0 Å². The molecule has 1 unspecified atom stereocenters. The van der Waals surface area contributed by atoms with Crippen molar-refractivity contribution in [3.05, 3.63) is 65.6 Å². The van der Waals surface area contributed by atoms with E-state index in [1.807, 2.05) is 36.1 Å². The normalized spacial score (nSPS) is 17.6. The molecule has 1 aliphatic heterocycles. The van der Waals surface area contributed by atoms with E-state index in [0.29, 0.717) is 13.2 Å². The molecule has 0 N–H and O–H groups in total. The summed E-state index contributed by atoms with van der Waals surface area (Å²) in [6.45, 7) is 3.74. The third-order valence-corrected chi connectivity index (χ3v) is 4.48. The zero-order valence-electron chi connectivity index (χ0n) is 14.2. The zero-order chi connectivity index (χ0) is 17.1. The van der Waals surface area contributed by atoms with E-state index in [-0.39, 0.29) is 5.92 Å². The predicted octanol–water partition coefficient (Wildman–Crippen LogP) is 2.12. The molecule has 0 spiro atoms. The molecule has 4 heterocycles. The van der Waals surface area contributed by atoms with Gasteiger partial charge in [0.25, 0.3) is 0 Å².